The van der Waals surface area contributed by atoms with Crippen LogP contribution in [0.1, 0.15) is 41.6 Å². The molecule has 42 heavy (non-hydrogen) atoms. The third kappa shape index (κ3) is 6.31. The minimum absolute atomic E-state index is 0.157. The maximum absolute atomic E-state index is 15.4. The number of ether oxygens (including phenoxy) is 3. The second-order valence-electron chi connectivity index (χ2n) is 10.9. The van der Waals surface area contributed by atoms with Crippen molar-refractivity contribution in [1.82, 2.24) is 9.80 Å². The summed E-state index contributed by atoms with van der Waals surface area (Å²) in [7, 11) is 1.45. The maximum Gasteiger partial charge on any atom is 0.195 e. The Morgan fingerprint density at radius 3 is 1.88 bits per heavy atom. The summed E-state index contributed by atoms with van der Waals surface area (Å²) < 4.78 is 32.9. The number of nitrogens with zero attached hydrogens (tertiary/aromatic N) is 2. The van der Waals surface area contributed by atoms with Crippen LogP contribution in [0.3, 0.4) is 0 Å². The van der Waals surface area contributed by atoms with Gasteiger partial charge in [0.25, 0.3) is 0 Å². The Bertz CT molecular complexity index is 1510. The van der Waals surface area contributed by atoms with Crippen LogP contribution in [0, 0.1) is 5.82 Å². The predicted octanol–water partition coefficient (Wildman–Crippen LogP) is 6.90. The van der Waals surface area contributed by atoms with Crippen molar-refractivity contribution in [2.75, 3.05) is 59.6 Å². The lowest BCUT2D eigenvalue weighted by Gasteiger charge is -2.15. The third-order valence-corrected chi connectivity index (χ3v) is 9.44. The Balaban J connectivity index is 1.23. The number of likely N-dealkylation sites (tertiary alicyclic amines) is 2. The van der Waals surface area contributed by atoms with Crippen LogP contribution >= 0.6 is 11.3 Å². The number of hydrogen-bond acceptors (Lipinski definition) is 7. The van der Waals surface area contributed by atoms with Crippen LogP contribution in [-0.2, 0) is 0 Å². The summed E-state index contributed by atoms with van der Waals surface area (Å²) in [6.45, 7) is 7.62. The van der Waals surface area contributed by atoms with E-state index in [1.807, 2.05) is 36.4 Å². The molecule has 2 saturated heterocycles. The average Bonchev–Trinajstić information content (AvgIpc) is 3.80. The SMILES string of the molecule is COc1ccc2c(C(=O)c3ccc(OCCN4CCCC4)cc3)c(-c3ccc(OCCN4CCCC4)cc3)sc2c1F. The number of thiophene rings is 1. The van der Waals surface area contributed by atoms with Gasteiger partial charge in [0.1, 0.15) is 24.7 Å². The van der Waals surface area contributed by atoms with Gasteiger partial charge >= 0.3 is 0 Å². The molecule has 2 fully saturated rings. The Morgan fingerprint density at radius 2 is 1.33 bits per heavy atom. The molecule has 0 saturated carbocycles. The maximum atomic E-state index is 15.4. The summed E-state index contributed by atoms with van der Waals surface area (Å²) in [5.41, 5.74) is 1.86. The zero-order valence-electron chi connectivity index (χ0n) is 24.1. The number of hydrogen-bond donors (Lipinski definition) is 0. The van der Waals surface area contributed by atoms with E-state index < -0.39 is 5.82 Å². The topological polar surface area (TPSA) is 51.2 Å². The van der Waals surface area contributed by atoms with E-state index in [9.17, 15) is 4.79 Å². The largest absolute Gasteiger partial charge is 0.494 e. The zero-order valence-corrected chi connectivity index (χ0v) is 24.9. The molecule has 0 aliphatic carbocycles. The minimum Gasteiger partial charge on any atom is -0.494 e. The molecule has 2 aliphatic rings. The van der Waals surface area contributed by atoms with Crippen LogP contribution in [0.25, 0.3) is 20.5 Å². The van der Waals surface area contributed by atoms with Gasteiger partial charge in [0.2, 0.25) is 0 Å². The molecule has 0 N–H and O–H groups in total. The molecular formula is C34H37FN2O4S. The molecule has 0 unspecified atom stereocenters. The van der Waals surface area contributed by atoms with E-state index in [0.717, 1.165) is 61.2 Å². The number of carbonyl (C=O) groups is 1. The van der Waals surface area contributed by atoms with Crippen LogP contribution in [0.15, 0.2) is 60.7 Å². The highest BCUT2D eigenvalue weighted by Crippen LogP contribution is 2.43. The molecule has 1 aromatic heterocycles. The Kier molecular flexibility index (Phi) is 9.03. The van der Waals surface area contributed by atoms with Crippen LogP contribution in [0.2, 0.25) is 0 Å². The van der Waals surface area contributed by atoms with Gasteiger partial charge < -0.3 is 14.2 Å². The summed E-state index contributed by atoms with van der Waals surface area (Å²) in [6.07, 6.45) is 5.02. The second-order valence-corrected chi connectivity index (χ2v) is 12.0. The number of carbonyl (C=O) groups excluding carboxylic acids is 1. The number of ketones is 1. The van der Waals surface area contributed by atoms with Crippen molar-refractivity contribution < 1.29 is 23.4 Å². The van der Waals surface area contributed by atoms with Gasteiger partial charge in [0.05, 0.1) is 11.8 Å². The third-order valence-electron chi connectivity index (χ3n) is 8.19. The highest BCUT2D eigenvalue weighted by Gasteiger charge is 2.25. The van der Waals surface area contributed by atoms with Crippen molar-refractivity contribution in [3.63, 3.8) is 0 Å². The van der Waals surface area contributed by atoms with Crippen LogP contribution in [0.5, 0.6) is 17.2 Å². The Morgan fingerprint density at radius 1 is 0.786 bits per heavy atom. The average molecular weight is 589 g/mol. The van der Waals surface area contributed by atoms with E-state index >= 15 is 4.39 Å². The van der Waals surface area contributed by atoms with Crippen molar-refractivity contribution in [3.05, 3.63) is 77.6 Å². The quantitative estimate of drug-likeness (QED) is 0.168. The first-order chi connectivity index (χ1) is 20.6. The fourth-order valence-corrected chi connectivity index (χ4v) is 7.08. The molecule has 3 heterocycles. The predicted molar refractivity (Wildman–Crippen MR) is 166 cm³/mol. The van der Waals surface area contributed by atoms with Crippen LogP contribution < -0.4 is 14.2 Å². The minimum atomic E-state index is -0.455. The van der Waals surface area contributed by atoms with E-state index in [1.165, 1.54) is 44.1 Å². The van der Waals surface area contributed by atoms with Gasteiger partial charge in [-0.2, -0.15) is 0 Å². The number of rotatable bonds is 12. The van der Waals surface area contributed by atoms with Gasteiger partial charge in [-0.25, -0.2) is 4.39 Å². The monoisotopic (exact) mass is 588 g/mol. The fraction of sp³-hybridized carbons (Fsp3) is 0.382. The molecule has 0 amide bonds. The van der Waals surface area contributed by atoms with E-state index in [1.54, 1.807) is 24.3 Å². The van der Waals surface area contributed by atoms with E-state index in [0.29, 0.717) is 34.4 Å². The summed E-state index contributed by atoms with van der Waals surface area (Å²) in [6, 6.07) is 18.3. The molecule has 6 nitrogen and oxygen atoms in total. The van der Waals surface area contributed by atoms with E-state index in [4.69, 9.17) is 14.2 Å². The summed E-state index contributed by atoms with van der Waals surface area (Å²) in [5.74, 6) is 1.06. The molecule has 0 radical (unpaired) electrons. The van der Waals surface area contributed by atoms with E-state index in [2.05, 4.69) is 9.80 Å². The van der Waals surface area contributed by atoms with Crippen molar-refractivity contribution in [3.8, 4) is 27.7 Å². The first kappa shape index (κ1) is 28.6. The Labute approximate surface area is 250 Å². The summed E-state index contributed by atoms with van der Waals surface area (Å²) >= 11 is 1.27. The summed E-state index contributed by atoms with van der Waals surface area (Å²) in [4.78, 5) is 19.5. The lowest BCUT2D eigenvalue weighted by atomic mass is 9.97. The van der Waals surface area contributed by atoms with E-state index in [-0.39, 0.29) is 11.5 Å². The molecule has 8 heteroatoms. The van der Waals surface area contributed by atoms with Gasteiger partial charge in [-0.1, -0.05) is 0 Å². The highest BCUT2D eigenvalue weighted by atomic mass is 32.1. The van der Waals surface area contributed by atoms with Crippen molar-refractivity contribution in [2.45, 2.75) is 25.7 Å². The van der Waals surface area contributed by atoms with Gasteiger partial charge in [0.15, 0.2) is 17.3 Å². The van der Waals surface area contributed by atoms with Gasteiger partial charge in [-0.3, -0.25) is 14.6 Å². The molecule has 2 aliphatic heterocycles. The zero-order chi connectivity index (χ0) is 28.9. The molecular weight excluding hydrogens is 551 g/mol. The summed E-state index contributed by atoms with van der Waals surface area (Å²) in [5, 5.41) is 0.579. The number of halogens is 1. The van der Waals surface area contributed by atoms with Crippen LogP contribution in [-0.4, -0.2) is 75.2 Å². The van der Waals surface area contributed by atoms with Crippen LogP contribution in [0.4, 0.5) is 4.39 Å². The lowest BCUT2D eigenvalue weighted by molar-refractivity contribution is 0.104. The fourth-order valence-electron chi connectivity index (χ4n) is 5.84. The number of benzene rings is 3. The van der Waals surface area contributed by atoms with Gasteiger partial charge in [0, 0.05) is 34.5 Å². The molecule has 6 rings (SSSR count). The number of fused-ring (bicyclic) bond motifs is 1. The van der Waals surface area contributed by atoms with Crippen molar-refractivity contribution in [1.29, 1.82) is 0 Å². The highest BCUT2D eigenvalue weighted by molar-refractivity contribution is 7.22. The van der Waals surface area contributed by atoms with Gasteiger partial charge in [-0.05, 0) is 118 Å². The van der Waals surface area contributed by atoms with Crippen molar-refractivity contribution in [2.24, 2.45) is 0 Å². The normalized spacial score (nSPS) is 15.9. The smallest absolute Gasteiger partial charge is 0.195 e. The first-order valence-electron chi connectivity index (χ1n) is 14.9. The molecule has 0 spiro atoms. The molecule has 220 valence electrons. The second kappa shape index (κ2) is 13.2. The Hall–Kier alpha value is -3.46. The molecule has 0 atom stereocenters. The molecule has 0 bridgehead atoms. The molecule has 3 aromatic carbocycles. The van der Waals surface area contributed by atoms with Crippen molar-refractivity contribution >= 4 is 27.2 Å². The van der Waals surface area contributed by atoms with Gasteiger partial charge in [-0.15, -0.1) is 11.3 Å². The lowest BCUT2D eigenvalue weighted by Crippen LogP contribution is -2.25. The number of methoxy groups -OCH3 is 1. The first-order valence-corrected chi connectivity index (χ1v) is 15.7. The molecule has 4 aromatic rings. The standard InChI is InChI=1S/C34H37FN2O4S/c1-39-29-15-14-28-30(32(38)24-6-10-26(11-7-24)40-22-20-36-16-2-3-17-36)33(42-34(28)31(29)35)25-8-12-27(13-9-25)41-23-21-37-18-4-5-19-37/h6-15H,2-5,16-23H2,1H3.